The van der Waals surface area contributed by atoms with Crippen LogP contribution in [0.5, 0.6) is 0 Å². The van der Waals surface area contributed by atoms with Gasteiger partial charge in [0, 0.05) is 50.6 Å². The smallest absolute Gasteiger partial charge is 0.317 e. The van der Waals surface area contributed by atoms with E-state index >= 15 is 0 Å². The highest BCUT2D eigenvalue weighted by Gasteiger charge is 2.46. The third-order valence-corrected chi connectivity index (χ3v) is 6.65. The van der Waals surface area contributed by atoms with Crippen molar-refractivity contribution in [1.82, 2.24) is 10.2 Å². The molecule has 2 N–H and O–H groups in total. The number of hydrogen-bond acceptors (Lipinski definition) is 5. The van der Waals surface area contributed by atoms with E-state index in [1.165, 1.54) is 11.4 Å². The van der Waals surface area contributed by atoms with Gasteiger partial charge in [-0.2, -0.15) is 0 Å². The van der Waals surface area contributed by atoms with Crippen molar-refractivity contribution in [2.45, 2.75) is 26.3 Å². The Kier molecular flexibility index (Phi) is 5.88. The normalized spacial score (nSPS) is 26.4. The van der Waals surface area contributed by atoms with Crippen LogP contribution in [0.2, 0.25) is 0 Å². The number of aliphatic hydroxyl groups excluding tert-OH is 1. The molecule has 0 saturated carbocycles. The summed E-state index contributed by atoms with van der Waals surface area (Å²) in [6.45, 7) is 10.9. The first kappa shape index (κ1) is 20.3. The molecule has 2 atom stereocenters. The fourth-order valence-corrected chi connectivity index (χ4v) is 5.24. The largest absolute Gasteiger partial charge is 0.395 e. The van der Waals surface area contributed by atoms with Crippen molar-refractivity contribution in [1.29, 1.82) is 0 Å². The molecule has 4 heterocycles. The summed E-state index contributed by atoms with van der Waals surface area (Å²) in [5, 5.41) is 11.9. The van der Waals surface area contributed by atoms with Gasteiger partial charge in [-0.1, -0.05) is 13.8 Å². The summed E-state index contributed by atoms with van der Waals surface area (Å²) in [6, 6.07) is 9.12. The predicted octanol–water partition coefficient (Wildman–Crippen LogP) is 1.76. The molecular weight excluding hydrogens is 368 g/mol. The fourth-order valence-electron chi connectivity index (χ4n) is 5.24. The van der Waals surface area contributed by atoms with Crippen molar-refractivity contribution in [3.05, 3.63) is 24.3 Å². The number of nitrogens with zero attached hydrogens (tertiary/aromatic N) is 3. The summed E-state index contributed by atoms with van der Waals surface area (Å²) in [5.74, 6) is 0.447. The summed E-state index contributed by atoms with van der Waals surface area (Å²) in [5.41, 5.74) is 2.63. The second kappa shape index (κ2) is 8.40. The van der Waals surface area contributed by atoms with Gasteiger partial charge < -0.3 is 29.9 Å². The SMILES string of the molecule is CC1(C)C[C@@H]2CN(C(=O)NCCO)CC1N(c1ccc(N3CCOCC3)cc1)C2. The van der Waals surface area contributed by atoms with Crippen molar-refractivity contribution in [3.63, 3.8) is 0 Å². The van der Waals surface area contributed by atoms with E-state index in [1.54, 1.807) is 0 Å². The van der Waals surface area contributed by atoms with Gasteiger partial charge in [0.05, 0.1) is 25.9 Å². The molecule has 1 unspecified atom stereocenters. The number of carbonyl (C=O) groups is 1. The van der Waals surface area contributed by atoms with Gasteiger partial charge in [-0.05, 0) is 42.0 Å². The number of rotatable bonds is 4. The lowest BCUT2D eigenvalue weighted by molar-refractivity contribution is 0.122. The molecule has 4 fully saturated rings. The van der Waals surface area contributed by atoms with Crippen LogP contribution in [-0.2, 0) is 4.74 Å². The van der Waals surface area contributed by atoms with Gasteiger partial charge >= 0.3 is 6.03 Å². The van der Waals surface area contributed by atoms with Crippen LogP contribution in [0.1, 0.15) is 20.3 Å². The lowest BCUT2D eigenvalue weighted by atomic mass is 9.73. The number of urea groups is 1. The molecule has 7 nitrogen and oxygen atoms in total. The first-order valence-electron chi connectivity index (χ1n) is 10.8. The molecule has 160 valence electrons. The Morgan fingerprint density at radius 1 is 1.14 bits per heavy atom. The maximum Gasteiger partial charge on any atom is 0.317 e. The number of piperidine rings is 1. The Morgan fingerprint density at radius 2 is 1.83 bits per heavy atom. The molecule has 4 aliphatic rings. The molecule has 0 spiro atoms. The molecule has 7 heteroatoms. The van der Waals surface area contributed by atoms with Crippen LogP contribution in [0.25, 0.3) is 0 Å². The van der Waals surface area contributed by atoms with E-state index in [2.05, 4.69) is 53.2 Å². The van der Waals surface area contributed by atoms with E-state index in [0.29, 0.717) is 19.0 Å². The van der Waals surface area contributed by atoms with Crippen LogP contribution in [0.4, 0.5) is 16.2 Å². The van der Waals surface area contributed by atoms with Crippen LogP contribution in [0.15, 0.2) is 24.3 Å². The number of benzene rings is 1. The van der Waals surface area contributed by atoms with Gasteiger partial charge in [-0.15, -0.1) is 0 Å². The van der Waals surface area contributed by atoms with Gasteiger partial charge in [0.1, 0.15) is 0 Å². The van der Waals surface area contributed by atoms with Gasteiger partial charge in [-0.25, -0.2) is 4.79 Å². The molecule has 4 saturated heterocycles. The highest BCUT2D eigenvalue weighted by molar-refractivity contribution is 5.74. The van der Waals surface area contributed by atoms with Crippen molar-refractivity contribution < 1.29 is 14.6 Å². The number of carbonyl (C=O) groups excluding carboxylic acids is 1. The van der Waals surface area contributed by atoms with Crippen molar-refractivity contribution >= 4 is 17.4 Å². The lowest BCUT2D eigenvalue weighted by Gasteiger charge is -2.48. The van der Waals surface area contributed by atoms with Gasteiger partial charge in [0.25, 0.3) is 0 Å². The molecule has 0 radical (unpaired) electrons. The van der Waals surface area contributed by atoms with Crippen molar-refractivity contribution in [2.24, 2.45) is 11.3 Å². The summed E-state index contributed by atoms with van der Waals surface area (Å²) < 4.78 is 5.46. The number of aliphatic hydroxyl groups is 1. The average Bonchev–Trinajstić information content (AvgIpc) is 3.00. The first-order chi connectivity index (χ1) is 14.0. The third-order valence-electron chi connectivity index (χ3n) is 6.65. The molecular formula is C22H34N4O3. The van der Waals surface area contributed by atoms with Crippen LogP contribution in [0.3, 0.4) is 0 Å². The number of hydrogen-bond donors (Lipinski definition) is 2. The highest BCUT2D eigenvalue weighted by Crippen LogP contribution is 2.43. The fraction of sp³-hybridized carbons (Fsp3) is 0.682. The van der Waals surface area contributed by atoms with Crippen molar-refractivity contribution in [2.75, 3.05) is 68.9 Å². The molecule has 1 aromatic carbocycles. The van der Waals surface area contributed by atoms with Gasteiger partial charge in [0.2, 0.25) is 0 Å². The number of anilines is 2. The Bertz CT molecular complexity index is 703. The minimum absolute atomic E-state index is 0.0282. The van der Waals surface area contributed by atoms with E-state index in [0.717, 1.165) is 45.8 Å². The minimum Gasteiger partial charge on any atom is -0.395 e. The standard InChI is InChI=1S/C22H34N4O3/c1-22(2)13-17-14-25(21(28)23-7-10-27)16-20(22)26(15-17)19-5-3-18(4-6-19)24-8-11-29-12-9-24/h3-6,17,20,27H,7-16H2,1-2H3,(H,23,28)/t17-,20?/m1/s1. The maximum absolute atomic E-state index is 12.6. The topological polar surface area (TPSA) is 68.3 Å². The molecule has 4 aliphatic heterocycles. The van der Waals surface area contributed by atoms with Crippen LogP contribution >= 0.6 is 0 Å². The zero-order valence-electron chi connectivity index (χ0n) is 17.6. The Hall–Kier alpha value is -1.99. The molecule has 1 aromatic rings. The zero-order chi connectivity index (χ0) is 20.4. The monoisotopic (exact) mass is 402 g/mol. The van der Waals surface area contributed by atoms with Crippen molar-refractivity contribution in [3.8, 4) is 0 Å². The van der Waals surface area contributed by atoms with E-state index in [4.69, 9.17) is 9.84 Å². The van der Waals surface area contributed by atoms with Crippen LogP contribution in [0, 0.1) is 11.3 Å². The first-order valence-corrected chi connectivity index (χ1v) is 10.8. The van der Waals surface area contributed by atoms with Crippen LogP contribution in [-0.4, -0.2) is 81.2 Å². The van der Waals surface area contributed by atoms with Gasteiger partial charge in [-0.3, -0.25) is 0 Å². The molecule has 0 aromatic heterocycles. The lowest BCUT2D eigenvalue weighted by Crippen LogP contribution is -2.54. The second-order valence-electron chi connectivity index (χ2n) is 9.20. The summed E-state index contributed by atoms with van der Waals surface area (Å²) in [7, 11) is 0. The number of morpholine rings is 1. The van der Waals surface area contributed by atoms with Crippen LogP contribution < -0.4 is 15.1 Å². The Morgan fingerprint density at radius 3 is 2.52 bits per heavy atom. The second-order valence-corrected chi connectivity index (χ2v) is 9.20. The number of fused-ring (bicyclic) bond motifs is 4. The summed E-state index contributed by atoms with van der Waals surface area (Å²) >= 11 is 0. The van der Waals surface area contributed by atoms with E-state index in [1.807, 2.05) is 4.90 Å². The Labute approximate surface area is 173 Å². The highest BCUT2D eigenvalue weighted by atomic mass is 16.5. The minimum atomic E-state index is -0.0590. The van der Waals surface area contributed by atoms with E-state index < -0.39 is 0 Å². The molecule has 2 bridgehead atoms. The van der Waals surface area contributed by atoms with Gasteiger partial charge in [0.15, 0.2) is 0 Å². The molecule has 5 rings (SSSR count). The predicted molar refractivity (Wildman–Crippen MR) is 115 cm³/mol. The zero-order valence-corrected chi connectivity index (χ0v) is 17.6. The van der Waals surface area contributed by atoms with E-state index in [9.17, 15) is 4.79 Å². The molecule has 2 amide bonds. The maximum atomic E-state index is 12.6. The molecule has 29 heavy (non-hydrogen) atoms. The number of ether oxygens (including phenoxy) is 1. The van der Waals surface area contributed by atoms with E-state index in [-0.39, 0.29) is 24.1 Å². The average molecular weight is 403 g/mol. The quantitative estimate of drug-likeness (QED) is 0.803. The molecule has 0 aliphatic carbocycles. The number of amides is 2. The number of nitrogens with one attached hydrogen (secondary N) is 1. The summed E-state index contributed by atoms with van der Waals surface area (Å²) in [4.78, 5) is 19.4. The third kappa shape index (κ3) is 4.31. The Balaban J connectivity index is 1.52. The summed E-state index contributed by atoms with van der Waals surface area (Å²) in [6.07, 6.45) is 1.13.